The number of alkyl halides is 3. The number of phenols is 1. The molecule has 3 aromatic carbocycles. The van der Waals surface area contributed by atoms with Gasteiger partial charge in [-0.05, 0) is 77.9 Å². The molecule has 0 fully saturated rings. The molecule has 5 heteroatoms. The van der Waals surface area contributed by atoms with E-state index in [1.54, 1.807) is 12.1 Å². The lowest BCUT2D eigenvalue weighted by molar-refractivity contribution is -0.138. The Morgan fingerprint density at radius 1 is 0.964 bits per heavy atom. The van der Waals surface area contributed by atoms with E-state index in [2.05, 4.69) is 0 Å². The minimum Gasteiger partial charge on any atom is -0.504 e. The molecule has 0 saturated carbocycles. The molecule has 0 aliphatic rings. The summed E-state index contributed by atoms with van der Waals surface area (Å²) in [6.45, 7) is 7.16. The number of hydrogen-bond donors (Lipinski definition) is 1. The van der Waals surface area contributed by atoms with Gasteiger partial charge in [-0.25, -0.2) is 0 Å². The number of rotatable bonds is 3. The Labute approximate surface area is 162 Å². The van der Waals surface area contributed by atoms with Crippen molar-refractivity contribution in [3.63, 3.8) is 0 Å². The van der Waals surface area contributed by atoms with Gasteiger partial charge in [0.05, 0.1) is 12.7 Å². The van der Waals surface area contributed by atoms with E-state index in [0.29, 0.717) is 23.3 Å². The summed E-state index contributed by atoms with van der Waals surface area (Å²) in [7, 11) is 1.48. The van der Waals surface area contributed by atoms with Crippen molar-refractivity contribution in [1.29, 1.82) is 0 Å². The monoisotopic (exact) mass is 388 g/mol. The van der Waals surface area contributed by atoms with E-state index in [4.69, 9.17) is 4.74 Å². The van der Waals surface area contributed by atoms with Crippen molar-refractivity contribution < 1.29 is 23.0 Å². The third kappa shape index (κ3) is 3.19. The first-order chi connectivity index (χ1) is 13.1. The fourth-order valence-corrected chi connectivity index (χ4v) is 3.83. The maximum Gasteiger partial charge on any atom is 0.416 e. The average Bonchev–Trinajstić information content (AvgIpc) is 2.64. The van der Waals surface area contributed by atoms with Gasteiger partial charge in [-0.15, -0.1) is 0 Å². The highest BCUT2D eigenvalue weighted by molar-refractivity contribution is 5.97. The van der Waals surface area contributed by atoms with Crippen LogP contribution < -0.4 is 4.74 Å². The van der Waals surface area contributed by atoms with Gasteiger partial charge in [-0.3, -0.25) is 0 Å². The SMILES string of the molecule is CCc1cc2c(C)c(O)c(OC)cc2c(C)c1-c1ccc(C)c(C(F)(F)F)c1. The fourth-order valence-electron chi connectivity index (χ4n) is 3.83. The Balaban J connectivity index is 2.39. The fraction of sp³-hybridized carbons (Fsp3) is 0.304. The molecule has 1 N–H and O–H groups in total. The first kappa shape index (κ1) is 20.1. The lowest BCUT2D eigenvalue weighted by atomic mass is 9.86. The van der Waals surface area contributed by atoms with Crippen LogP contribution >= 0.6 is 0 Å². The normalized spacial score (nSPS) is 11.9. The van der Waals surface area contributed by atoms with Gasteiger partial charge >= 0.3 is 6.18 Å². The molecular formula is C23H23F3O2. The maximum absolute atomic E-state index is 13.4. The molecule has 148 valence electrons. The van der Waals surface area contributed by atoms with Crippen molar-refractivity contribution >= 4 is 10.8 Å². The number of hydrogen-bond acceptors (Lipinski definition) is 2. The number of fused-ring (bicyclic) bond motifs is 1. The summed E-state index contributed by atoms with van der Waals surface area (Å²) < 4.78 is 45.6. The Morgan fingerprint density at radius 2 is 1.61 bits per heavy atom. The molecule has 0 atom stereocenters. The van der Waals surface area contributed by atoms with Gasteiger partial charge in [-0.1, -0.05) is 25.1 Å². The van der Waals surface area contributed by atoms with Crippen molar-refractivity contribution in [1.82, 2.24) is 0 Å². The number of aryl methyl sites for hydroxylation is 4. The van der Waals surface area contributed by atoms with Crippen LogP contribution in [-0.4, -0.2) is 12.2 Å². The van der Waals surface area contributed by atoms with Gasteiger partial charge in [0.15, 0.2) is 11.5 Å². The third-order valence-electron chi connectivity index (χ3n) is 5.41. The molecule has 2 nitrogen and oxygen atoms in total. The number of benzene rings is 3. The molecule has 0 aliphatic carbocycles. The summed E-state index contributed by atoms with van der Waals surface area (Å²) in [5, 5.41) is 12.1. The minimum absolute atomic E-state index is 0.0823. The Morgan fingerprint density at radius 3 is 2.18 bits per heavy atom. The van der Waals surface area contributed by atoms with E-state index in [-0.39, 0.29) is 11.3 Å². The second kappa shape index (κ2) is 7.04. The molecule has 0 amide bonds. The van der Waals surface area contributed by atoms with Crippen LogP contribution in [0.2, 0.25) is 0 Å². The number of aromatic hydroxyl groups is 1. The van der Waals surface area contributed by atoms with E-state index in [1.165, 1.54) is 26.2 Å². The van der Waals surface area contributed by atoms with Gasteiger partial charge in [0, 0.05) is 5.56 Å². The third-order valence-corrected chi connectivity index (χ3v) is 5.41. The molecule has 0 bridgehead atoms. The lowest BCUT2D eigenvalue weighted by Crippen LogP contribution is -2.08. The zero-order valence-corrected chi connectivity index (χ0v) is 16.6. The van der Waals surface area contributed by atoms with Crippen LogP contribution in [0.5, 0.6) is 11.5 Å². The van der Waals surface area contributed by atoms with E-state index < -0.39 is 11.7 Å². The summed E-state index contributed by atoms with van der Waals surface area (Å²) in [6, 6.07) is 8.19. The van der Waals surface area contributed by atoms with Crippen LogP contribution in [0.15, 0.2) is 30.3 Å². The molecular weight excluding hydrogens is 365 g/mol. The van der Waals surface area contributed by atoms with Crippen molar-refractivity contribution in [3.8, 4) is 22.6 Å². The summed E-state index contributed by atoms with van der Waals surface area (Å²) in [4.78, 5) is 0. The highest BCUT2D eigenvalue weighted by Gasteiger charge is 2.32. The summed E-state index contributed by atoms with van der Waals surface area (Å²) in [5.74, 6) is 0.432. The van der Waals surface area contributed by atoms with Crippen LogP contribution in [0.25, 0.3) is 21.9 Å². The molecule has 0 aromatic heterocycles. The molecule has 0 aliphatic heterocycles. The Kier molecular flexibility index (Phi) is 5.04. The summed E-state index contributed by atoms with van der Waals surface area (Å²) in [6.07, 6.45) is -3.74. The van der Waals surface area contributed by atoms with Crippen molar-refractivity contribution in [2.45, 2.75) is 40.3 Å². The van der Waals surface area contributed by atoms with E-state index in [1.807, 2.05) is 26.8 Å². The van der Waals surface area contributed by atoms with E-state index in [9.17, 15) is 18.3 Å². The van der Waals surface area contributed by atoms with Crippen LogP contribution in [-0.2, 0) is 12.6 Å². The Bertz CT molecular complexity index is 1070. The quantitative estimate of drug-likeness (QED) is 0.539. The number of methoxy groups -OCH3 is 1. The average molecular weight is 388 g/mol. The second-order valence-electron chi connectivity index (χ2n) is 7.06. The van der Waals surface area contributed by atoms with Crippen molar-refractivity contribution in [3.05, 3.63) is 58.1 Å². The number of halogens is 3. The zero-order valence-electron chi connectivity index (χ0n) is 16.6. The predicted molar refractivity (Wildman–Crippen MR) is 106 cm³/mol. The van der Waals surface area contributed by atoms with Gasteiger partial charge in [0.2, 0.25) is 0 Å². The molecule has 0 unspecified atom stereocenters. The minimum atomic E-state index is -4.40. The van der Waals surface area contributed by atoms with E-state index in [0.717, 1.165) is 27.5 Å². The van der Waals surface area contributed by atoms with Crippen LogP contribution in [0.4, 0.5) is 13.2 Å². The van der Waals surface area contributed by atoms with Crippen molar-refractivity contribution in [2.75, 3.05) is 7.11 Å². The van der Waals surface area contributed by atoms with Gasteiger partial charge in [0.1, 0.15) is 0 Å². The number of ether oxygens (including phenoxy) is 1. The zero-order chi connectivity index (χ0) is 20.8. The van der Waals surface area contributed by atoms with Gasteiger partial charge in [-0.2, -0.15) is 13.2 Å². The summed E-state index contributed by atoms with van der Waals surface area (Å²) >= 11 is 0. The first-order valence-electron chi connectivity index (χ1n) is 9.11. The first-order valence-corrected chi connectivity index (χ1v) is 9.11. The highest BCUT2D eigenvalue weighted by atomic mass is 19.4. The Hall–Kier alpha value is -2.69. The maximum atomic E-state index is 13.4. The predicted octanol–water partition coefficient (Wildman–Crippen LogP) is 6.73. The molecule has 28 heavy (non-hydrogen) atoms. The van der Waals surface area contributed by atoms with E-state index >= 15 is 0 Å². The largest absolute Gasteiger partial charge is 0.504 e. The van der Waals surface area contributed by atoms with Crippen molar-refractivity contribution in [2.24, 2.45) is 0 Å². The van der Waals surface area contributed by atoms with Gasteiger partial charge < -0.3 is 9.84 Å². The highest BCUT2D eigenvalue weighted by Crippen LogP contribution is 2.43. The van der Waals surface area contributed by atoms with Crippen LogP contribution in [0.3, 0.4) is 0 Å². The van der Waals surface area contributed by atoms with Crippen LogP contribution in [0.1, 0.15) is 34.7 Å². The molecule has 0 radical (unpaired) electrons. The summed E-state index contributed by atoms with van der Waals surface area (Å²) in [5.41, 5.74) is 3.42. The molecule has 0 saturated heterocycles. The standard InChI is InChI=1S/C23H23F3O2/c1-6-15-9-17-14(4)22(27)20(28-5)11-18(17)13(3)21(15)16-8-7-12(2)19(10-16)23(24,25)26/h7-11,27H,6H2,1-5H3. The van der Waals surface area contributed by atoms with Gasteiger partial charge in [0.25, 0.3) is 0 Å². The molecule has 0 heterocycles. The molecule has 0 spiro atoms. The number of phenolic OH excluding ortho intramolecular Hbond substituents is 1. The smallest absolute Gasteiger partial charge is 0.416 e. The topological polar surface area (TPSA) is 29.5 Å². The lowest BCUT2D eigenvalue weighted by Gasteiger charge is -2.20. The second-order valence-corrected chi connectivity index (χ2v) is 7.06. The molecule has 3 rings (SSSR count). The van der Waals surface area contributed by atoms with Crippen LogP contribution in [0, 0.1) is 20.8 Å². The molecule has 3 aromatic rings.